The molecule has 1 N–H and O–H groups in total. The third-order valence-corrected chi connectivity index (χ3v) is 4.32. The van der Waals surface area contributed by atoms with Crippen molar-refractivity contribution >= 4 is 45.8 Å². The van der Waals surface area contributed by atoms with Crippen LogP contribution in [0.5, 0.6) is 0 Å². The molecule has 0 fully saturated rings. The van der Waals surface area contributed by atoms with Crippen LogP contribution in [0.2, 0.25) is 10.0 Å². The molecule has 0 aliphatic heterocycles. The summed E-state index contributed by atoms with van der Waals surface area (Å²) in [7, 11) is 0. The second-order valence-corrected chi connectivity index (χ2v) is 6.40. The Bertz CT molecular complexity index is 1060. The first kappa shape index (κ1) is 15.9. The standard InChI is InChI=1S/C18H12Cl2N4O/c1-10-8-13(20)6-7-14(10)23-17-15-16(11-2-4-12(19)5-3-11)24-25-18(15)22-9-21-17/h2-9H,1H3,(H,21,22,23). The van der Waals surface area contributed by atoms with Crippen LogP contribution >= 0.6 is 23.2 Å². The maximum atomic E-state index is 6.03. The summed E-state index contributed by atoms with van der Waals surface area (Å²) < 4.78 is 5.37. The number of fused-ring (bicyclic) bond motifs is 1. The Morgan fingerprint density at radius 2 is 1.72 bits per heavy atom. The summed E-state index contributed by atoms with van der Waals surface area (Å²) in [5.41, 5.74) is 3.83. The van der Waals surface area contributed by atoms with E-state index >= 15 is 0 Å². The average Bonchev–Trinajstić information content (AvgIpc) is 3.03. The molecule has 5 nitrogen and oxygen atoms in total. The minimum atomic E-state index is 0.411. The lowest BCUT2D eigenvalue weighted by atomic mass is 10.1. The maximum absolute atomic E-state index is 6.03. The highest BCUT2D eigenvalue weighted by Gasteiger charge is 2.17. The maximum Gasteiger partial charge on any atom is 0.263 e. The highest BCUT2D eigenvalue weighted by atomic mass is 35.5. The Hall–Kier alpha value is -2.63. The van der Waals surface area contributed by atoms with Gasteiger partial charge in [-0.1, -0.05) is 40.5 Å². The minimum Gasteiger partial charge on any atom is -0.339 e. The van der Waals surface area contributed by atoms with E-state index in [9.17, 15) is 0 Å². The molecule has 4 rings (SSSR count). The predicted octanol–water partition coefficient (Wildman–Crippen LogP) is 5.64. The highest BCUT2D eigenvalue weighted by molar-refractivity contribution is 6.31. The Labute approximate surface area is 153 Å². The zero-order chi connectivity index (χ0) is 17.4. The third-order valence-electron chi connectivity index (χ3n) is 3.83. The summed E-state index contributed by atoms with van der Waals surface area (Å²) in [6, 6.07) is 13.0. The first-order chi connectivity index (χ1) is 12.1. The van der Waals surface area contributed by atoms with Crippen molar-refractivity contribution in [1.82, 2.24) is 15.1 Å². The van der Waals surface area contributed by atoms with Crippen molar-refractivity contribution in [3.63, 3.8) is 0 Å². The Morgan fingerprint density at radius 3 is 2.48 bits per heavy atom. The van der Waals surface area contributed by atoms with Crippen LogP contribution in [0.15, 0.2) is 53.3 Å². The van der Waals surface area contributed by atoms with E-state index in [1.807, 2.05) is 37.3 Å². The monoisotopic (exact) mass is 370 g/mol. The summed E-state index contributed by atoms with van der Waals surface area (Å²) >= 11 is 12.0. The molecule has 0 spiro atoms. The molecule has 4 aromatic rings. The zero-order valence-corrected chi connectivity index (χ0v) is 14.6. The van der Waals surface area contributed by atoms with Crippen LogP contribution in [0, 0.1) is 6.92 Å². The summed E-state index contributed by atoms with van der Waals surface area (Å²) in [5.74, 6) is 0.613. The topological polar surface area (TPSA) is 63.8 Å². The normalized spacial score (nSPS) is 11.0. The summed E-state index contributed by atoms with van der Waals surface area (Å²) in [4.78, 5) is 8.52. The van der Waals surface area contributed by atoms with E-state index in [0.29, 0.717) is 32.7 Å². The molecule has 0 saturated heterocycles. The molecule has 2 aromatic carbocycles. The lowest BCUT2D eigenvalue weighted by Gasteiger charge is -2.10. The number of anilines is 2. The van der Waals surface area contributed by atoms with Gasteiger partial charge in [0, 0.05) is 21.3 Å². The van der Waals surface area contributed by atoms with E-state index in [-0.39, 0.29) is 0 Å². The van der Waals surface area contributed by atoms with Gasteiger partial charge >= 0.3 is 0 Å². The molecule has 0 atom stereocenters. The Kier molecular flexibility index (Phi) is 4.03. The lowest BCUT2D eigenvalue weighted by molar-refractivity contribution is 0.451. The van der Waals surface area contributed by atoms with Gasteiger partial charge in [-0.3, -0.25) is 0 Å². The molecule has 2 aromatic heterocycles. The van der Waals surface area contributed by atoms with Crippen molar-refractivity contribution in [1.29, 1.82) is 0 Å². The van der Waals surface area contributed by atoms with Crippen molar-refractivity contribution < 1.29 is 4.52 Å². The number of aryl methyl sites for hydroxylation is 1. The smallest absolute Gasteiger partial charge is 0.263 e. The van der Waals surface area contributed by atoms with Crippen molar-refractivity contribution in [2.75, 3.05) is 5.32 Å². The second-order valence-electron chi connectivity index (χ2n) is 5.52. The van der Waals surface area contributed by atoms with Gasteiger partial charge in [-0.05, 0) is 42.8 Å². The Morgan fingerprint density at radius 1 is 0.960 bits per heavy atom. The molecule has 25 heavy (non-hydrogen) atoms. The molecule has 0 bridgehead atoms. The number of hydrogen-bond donors (Lipinski definition) is 1. The van der Waals surface area contributed by atoms with Gasteiger partial charge in [0.1, 0.15) is 23.2 Å². The molecule has 0 aliphatic carbocycles. The van der Waals surface area contributed by atoms with Crippen molar-refractivity contribution in [2.24, 2.45) is 0 Å². The van der Waals surface area contributed by atoms with Crippen LogP contribution in [-0.4, -0.2) is 15.1 Å². The van der Waals surface area contributed by atoms with Gasteiger partial charge in [-0.15, -0.1) is 0 Å². The molecular weight excluding hydrogens is 359 g/mol. The van der Waals surface area contributed by atoms with Gasteiger partial charge in [0.2, 0.25) is 0 Å². The molecule has 0 saturated carbocycles. The number of hydrogen-bond acceptors (Lipinski definition) is 5. The predicted molar refractivity (Wildman–Crippen MR) is 99.5 cm³/mol. The van der Waals surface area contributed by atoms with Crippen LogP contribution in [0.4, 0.5) is 11.5 Å². The quantitative estimate of drug-likeness (QED) is 0.505. The molecule has 7 heteroatoms. The number of nitrogens with zero attached hydrogens (tertiary/aromatic N) is 3. The zero-order valence-electron chi connectivity index (χ0n) is 13.1. The van der Waals surface area contributed by atoms with Gasteiger partial charge in [-0.2, -0.15) is 4.98 Å². The minimum absolute atomic E-state index is 0.411. The number of halogens is 2. The van der Waals surface area contributed by atoms with Crippen molar-refractivity contribution in [3.8, 4) is 11.3 Å². The van der Waals surface area contributed by atoms with Crippen molar-refractivity contribution in [2.45, 2.75) is 6.92 Å². The SMILES string of the molecule is Cc1cc(Cl)ccc1Nc1ncnc2onc(-c3ccc(Cl)cc3)c12. The first-order valence-electron chi connectivity index (χ1n) is 7.51. The summed E-state index contributed by atoms with van der Waals surface area (Å²) in [5, 5.41) is 9.51. The molecular formula is C18H12Cl2N4O. The van der Waals surface area contributed by atoms with E-state index in [2.05, 4.69) is 20.4 Å². The van der Waals surface area contributed by atoms with E-state index in [1.54, 1.807) is 12.1 Å². The molecule has 0 radical (unpaired) electrons. The largest absolute Gasteiger partial charge is 0.339 e. The fraction of sp³-hybridized carbons (Fsp3) is 0.0556. The second kappa shape index (κ2) is 6.35. The van der Waals surface area contributed by atoms with Crippen LogP contribution in [0.1, 0.15) is 5.56 Å². The van der Waals surface area contributed by atoms with E-state index in [1.165, 1.54) is 6.33 Å². The molecule has 0 unspecified atom stereocenters. The van der Waals surface area contributed by atoms with Gasteiger partial charge in [0.25, 0.3) is 5.71 Å². The lowest BCUT2D eigenvalue weighted by Crippen LogP contribution is -1.97. The van der Waals surface area contributed by atoms with Gasteiger partial charge in [0.15, 0.2) is 0 Å². The number of benzene rings is 2. The van der Waals surface area contributed by atoms with Crippen molar-refractivity contribution in [3.05, 3.63) is 64.4 Å². The molecule has 0 aliphatic rings. The van der Waals surface area contributed by atoms with E-state index in [4.69, 9.17) is 27.7 Å². The fourth-order valence-electron chi connectivity index (χ4n) is 2.58. The van der Waals surface area contributed by atoms with Gasteiger partial charge in [-0.25, -0.2) is 4.98 Å². The Balaban J connectivity index is 1.84. The number of rotatable bonds is 3. The van der Waals surface area contributed by atoms with Crippen LogP contribution in [0.25, 0.3) is 22.4 Å². The average molecular weight is 371 g/mol. The molecule has 0 amide bonds. The summed E-state index contributed by atoms with van der Waals surface area (Å²) in [6.07, 6.45) is 1.44. The van der Waals surface area contributed by atoms with Crippen LogP contribution < -0.4 is 5.32 Å². The molecule has 124 valence electrons. The van der Waals surface area contributed by atoms with Gasteiger partial charge in [0.05, 0.1) is 0 Å². The van der Waals surface area contributed by atoms with E-state index in [0.717, 1.165) is 16.8 Å². The number of aromatic nitrogens is 3. The van der Waals surface area contributed by atoms with Gasteiger partial charge < -0.3 is 9.84 Å². The van der Waals surface area contributed by atoms with E-state index < -0.39 is 0 Å². The highest BCUT2D eigenvalue weighted by Crippen LogP contribution is 2.33. The third kappa shape index (κ3) is 3.04. The molecule has 2 heterocycles. The van der Waals surface area contributed by atoms with Crippen LogP contribution in [-0.2, 0) is 0 Å². The number of nitrogens with one attached hydrogen (secondary N) is 1. The summed E-state index contributed by atoms with van der Waals surface area (Å²) in [6.45, 7) is 1.97. The first-order valence-corrected chi connectivity index (χ1v) is 8.27. The van der Waals surface area contributed by atoms with Crippen LogP contribution in [0.3, 0.4) is 0 Å². The fourth-order valence-corrected chi connectivity index (χ4v) is 2.93.